The van der Waals surface area contributed by atoms with E-state index in [2.05, 4.69) is 74.5 Å². The number of fused-ring (bicyclic) bond motifs is 2. The van der Waals surface area contributed by atoms with Crippen LogP contribution < -0.4 is 0 Å². The Kier molecular flexibility index (Phi) is 6.99. The van der Waals surface area contributed by atoms with Gasteiger partial charge in [0.05, 0.1) is 0 Å². The number of nitrogens with zero attached hydrogens (tertiary/aromatic N) is 1. The van der Waals surface area contributed by atoms with Crippen LogP contribution in [0.25, 0.3) is 5.57 Å². The largest absolute Gasteiger partial charge is 0.309 e. The van der Waals surface area contributed by atoms with E-state index in [1.807, 2.05) is 11.8 Å². The van der Waals surface area contributed by atoms with Crippen LogP contribution >= 0.6 is 11.8 Å². The zero-order chi connectivity index (χ0) is 18.4. The van der Waals surface area contributed by atoms with Crippen molar-refractivity contribution in [1.82, 2.24) is 4.90 Å². The molecular formula is C24H31NS. The predicted molar refractivity (Wildman–Crippen MR) is 115 cm³/mol. The van der Waals surface area contributed by atoms with Crippen molar-refractivity contribution in [1.29, 1.82) is 0 Å². The Balaban J connectivity index is 1.88. The molecule has 138 valence electrons. The van der Waals surface area contributed by atoms with Crippen LogP contribution in [0.2, 0.25) is 0 Å². The highest BCUT2D eigenvalue weighted by molar-refractivity contribution is 7.99. The van der Waals surface area contributed by atoms with E-state index < -0.39 is 0 Å². The lowest BCUT2D eigenvalue weighted by atomic mass is 9.93. The third-order valence-corrected chi connectivity index (χ3v) is 6.13. The van der Waals surface area contributed by atoms with Gasteiger partial charge in [0, 0.05) is 16.3 Å². The van der Waals surface area contributed by atoms with Crippen LogP contribution in [-0.2, 0) is 6.42 Å². The molecule has 0 aromatic heterocycles. The minimum atomic E-state index is 1.08. The Bertz CT molecular complexity index is 761. The monoisotopic (exact) mass is 365 g/mol. The Hall–Kier alpha value is -1.51. The summed E-state index contributed by atoms with van der Waals surface area (Å²) in [5.41, 5.74) is 5.73. The van der Waals surface area contributed by atoms with Gasteiger partial charge in [-0.1, -0.05) is 74.4 Å². The molecular weight excluding hydrogens is 334 g/mol. The SMILES string of the molecule is CCCCCCc1ccc2c(c1)/C(=C\CCN(C)C)c1ccccc1S2. The van der Waals surface area contributed by atoms with E-state index in [4.69, 9.17) is 0 Å². The average Bonchev–Trinajstić information content (AvgIpc) is 2.64. The molecule has 1 aliphatic rings. The first-order valence-electron chi connectivity index (χ1n) is 9.94. The van der Waals surface area contributed by atoms with Crippen LogP contribution in [0.4, 0.5) is 0 Å². The molecule has 0 saturated carbocycles. The molecule has 0 spiro atoms. The van der Waals surface area contributed by atoms with E-state index in [-0.39, 0.29) is 0 Å². The summed E-state index contributed by atoms with van der Waals surface area (Å²) >= 11 is 1.92. The summed E-state index contributed by atoms with van der Waals surface area (Å²) in [6.07, 6.45) is 10.0. The van der Waals surface area contributed by atoms with Gasteiger partial charge in [-0.05, 0) is 67.8 Å². The van der Waals surface area contributed by atoms with Crippen molar-refractivity contribution in [3.8, 4) is 0 Å². The van der Waals surface area contributed by atoms with Crippen LogP contribution in [0.5, 0.6) is 0 Å². The fraction of sp³-hybridized carbons (Fsp3) is 0.417. The third kappa shape index (κ3) is 4.81. The lowest BCUT2D eigenvalue weighted by Crippen LogP contribution is -2.12. The predicted octanol–water partition coefficient (Wildman–Crippen LogP) is 6.66. The van der Waals surface area contributed by atoms with Gasteiger partial charge in [0.15, 0.2) is 0 Å². The molecule has 0 amide bonds. The number of hydrogen-bond donors (Lipinski definition) is 0. The molecule has 2 heteroatoms. The zero-order valence-electron chi connectivity index (χ0n) is 16.4. The number of benzene rings is 2. The molecule has 1 nitrogen and oxygen atoms in total. The number of unbranched alkanes of at least 4 members (excludes halogenated alkanes) is 3. The lowest BCUT2D eigenvalue weighted by molar-refractivity contribution is 0.417. The first kappa shape index (κ1) is 19.3. The fourth-order valence-electron chi connectivity index (χ4n) is 3.52. The highest BCUT2D eigenvalue weighted by Gasteiger charge is 2.20. The molecule has 0 bridgehead atoms. The van der Waals surface area contributed by atoms with Crippen molar-refractivity contribution >= 4 is 17.3 Å². The molecule has 0 saturated heterocycles. The minimum Gasteiger partial charge on any atom is -0.309 e. The van der Waals surface area contributed by atoms with Crippen molar-refractivity contribution in [3.63, 3.8) is 0 Å². The van der Waals surface area contributed by atoms with Crippen LogP contribution in [0.3, 0.4) is 0 Å². The van der Waals surface area contributed by atoms with E-state index >= 15 is 0 Å². The van der Waals surface area contributed by atoms with Crippen molar-refractivity contribution in [2.24, 2.45) is 0 Å². The van der Waals surface area contributed by atoms with E-state index in [0.29, 0.717) is 0 Å². The Morgan fingerprint density at radius 3 is 2.54 bits per heavy atom. The van der Waals surface area contributed by atoms with Gasteiger partial charge in [-0.2, -0.15) is 0 Å². The van der Waals surface area contributed by atoms with Crippen LogP contribution in [0.1, 0.15) is 55.7 Å². The van der Waals surface area contributed by atoms with Gasteiger partial charge in [-0.3, -0.25) is 0 Å². The molecule has 0 fully saturated rings. The second-order valence-corrected chi connectivity index (χ2v) is 8.53. The molecule has 2 aromatic carbocycles. The van der Waals surface area contributed by atoms with Crippen LogP contribution in [-0.4, -0.2) is 25.5 Å². The summed E-state index contributed by atoms with van der Waals surface area (Å²) in [6, 6.07) is 16.0. The maximum Gasteiger partial charge on any atom is 0.0201 e. The number of rotatable bonds is 8. The maximum atomic E-state index is 2.45. The molecule has 0 unspecified atom stereocenters. The van der Waals surface area contributed by atoms with Gasteiger partial charge in [0.25, 0.3) is 0 Å². The van der Waals surface area contributed by atoms with Crippen molar-refractivity contribution in [2.75, 3.05) is 20.6 Å². The zero-order valence-corrected chi connectivity index (χ0v) is 17.2. The first-order chi connectivity index (χ1) is 12.7. The Labute approximate surface area is 163 Å². The normalized spacial score (nSPS) is 14.5. The van der Waals surface area contributed by atoms with E-state index in [0.717, 1.165) is 13.0 Å². The summed E-state index contributed by atoms with van der Waals surface area (Å²) in [5, 5.41) is 0. The minimum absolute atomic E-state index is 1.08. The fourth-order valence-corrected chi connectivity index (χ4v) is 4.60. The second-order valence-electron chi connectivity index (χ2n) is 7.45. The summed E-state index contributed by atoms with van der Waals surface area (Å²) in [6.45, 7) is 3.36. The van der Waals surface area contributed by atoms with Crippen LogP contribution in [0.15, 0.2) is 58.3 Å². The van der Waals surface area contributed by atoms with Crippen molar-refractivity contribution < 1.29 is 0 Å². The molecule has 3 rings (SSSR count). The Morgan fingerprint density at radius 1 is 0.923 bits per heavy atom. The van der Waals surface area contributed by atoms with Crippen LogP contribution in [0, 0.1) is 0 Å². The summed E-state index contributed by atoms with van der Waals surface area (Å²) in [4.78, 5) is 5.04. The standard InChI is InChI=1S/C24H31NS/c1-4-5-6-7-11-19-15-16-24-22(18-19)20(13-10-17-25(2)3)21-12-8-9-14-23(21)26-24/h8-9,12-16,18H,4-7,10-11,17H2,1-3H3/b20-13-. The molecule has 0 atom stereocenters. The number of hydrogen-bond acceptors (Lipinski definition) is 2. The van der Waals surface area contributed by atoms with Gasteiger partial charge in [0.1, 0.15) is 0 Å². The molecule has 1 heterocycles. The topological polar surface area (TPSA) is 3.24 Å². The Morgan fingerprint density at radius 2 is 1.73 bits per heavy atom. The van der Waals surface area contributed by atoms with Gasteiger partial charge in [0.2, 0.25) is 0 Å². The molecule has 0 N–H and O–H groups in total. The second kappa shape index (κ2) is 9.43. The van der Waals surface area contributed by atoms with E-state index in [9.17, 15) is 0 Å². The van der Waals surface area contributed by atoms with Crippen molar-refractivity contribution in [2.45, 2.75) is 55.2 Å². The molecule has 0 radical (unpaired) electrons. The average molecular weight is 366 g/mol. The summed E-state index contributed by atoms with van der Waals surface area (Å²) in [7, 11) is 4.29. The van der Waals surface area contributed by atoms with Gasteiger partial charge in [-0.25, -0.2) is 0 Å². The van der Waals surface area contributed by atoms with Gasteiger partial charge < -0.3 is 4.90 Å². The van der Waals surface area contributed by atoms with Crippen molar-refractivity contribution in [3.05, 3.63) is 65.2 Å². The quantitative estimate of drug-likeness (QED) is 0.411. The molecule has 1 aliphatic heterocycles. The summed E-state index contributed by atoms with van der Waals surface area (Å²) in [5.74, 6) is 0. The highest BCUT2D eigenvalue weighted by Crippen LogP contribution is 2.45. The number of aryl methyl sites for hydroxylation is 1. The van der Waals surface area contributed by atoms with E-state index in [1.165, 1.54) is 64.2 Å². The lowest BCUT2D eigenvalue weighted by Gasteiger charge is -2.23. The highest BCUT2D eigenvalue weighted by atomic mass is 32.2. The molecule has 2 aromatic rings. The first-order valence-corrected chi connectivity index (χ1v) is 10.8. The van der Waals surface area contributed by atoms with E-state index in [1.54, 1.807) is 0 Å². The molecule has 26 heavy (non-hydrogen) atoms. The van der Waals surface area contributed by atoms with Gasteiger partial charge >= 0.3 is 0 Å². The maximum absolute atomic E-state index is 2.45. The smallest absolute Gasteiger partial charge is 0.0201 e. The summed E-state index contributed by atoms with van der Waals surface area (Å²) < 4.78 is 0. The molecule has 0 aliphatic carbocycles. The third-order valence-electron chi connectivity index (χ3n) is 4.98. The van der Waals surface area contributed by atoms with Gasteiger partial charge in [-0.15, -0.1) is 0 Å².